The van der Waals surface area contributed by atoms with Crippen molar-refractivity contribution in [3.63, 3.8) is 0 Å². The van der Waals surface area contributed by atoms with Crippen LogP contribution in [0.2, 0.25) is 0 Å². The molecule has 27 heavy (non-hydrogen) atoms. The van der Waals surface area contributed by atoms with Crippen molar-refractivity contribution in [2.24, 2.45) is 0 Å². The van der Waals surface area contributed by atoms with Crippen LogP contribution in [0.5, 0.6) is 0 Å². The van der Waals surface area contributed by atoms with Crippen LogP contribution in [0.3, 0.4) is 0 Å². The van der Waals surface area contributed by atoms with Crippen LogP contribution in [-0.2, 0) is 4.79 Å². The molecule has 0 atom stereocenters. The number of anilines is 3. The topological polar surface area (TPSA) is 82.4 Å². The zero-order valence-electron chi connectivity index (χ0n) is 15.4. The molecule has 3 aromatic rings. The van der Waals surface area contributed by atoms with E-state index in [1.165, 1.54) is 6.92 Å². The number of rotatable bonds is 4. The minimum Gasteiger partial charge on any atom is -0.444 e. The van der Waals surface area contributed by atoms with E-state index >= 15 is 0 Å². The van der Waals surface area contributed by atoms with Crippen molar-refractivity contribution in [2.75, 3.05) is 15.8 Å². The molecule has 3 N–H and O–H groups in total. The van der Waals surface area contributed by atoms with Gasteiger partial charge in [-0.2, -0.15) is 0 Å². The highest BCUT2D eigenvalue weighted by Crippen LogP contribution is 2.35. The largest absolute Gasteiger partial charge is 0.444 e. The van der Waals surface area contributed by atoms with E-state index in [0.717, 1.165) is 22.5 Å². The van der Waals surface area contributed by atoms with E-state index in [1.54, 1.807) is 6.26 Å². The molecule has 7 nitrogen and oxygen atoms in total. The first-order chi connectivity index (χ1) is 13.0. The molecule has 1 aliphatic heterocycles. The Morgan fingerprint density at radius 3 is 2.81 bits per heavy atom. The summed E-state index contributed by atoms with van der Waals surface area (Å²) < 4.78 is 5.71. The van der Waals surface area contributed by atoms with Crippen molar-refractivity contribution in [1.82, 2.24) is 10.5 Å². The third kappa shape index (κ3) is 3.24. The number of benzene rings is 2. The third-order valence-electron chi connectivity index (χ3n) is 4.35. The van der Waals surface area contributed by atoms with Gasteiger partial charge in [-0.05, 0) is 38.1 Å². The monoisotopic (exact) mass is 363 g/mol. The number of hydrazine groups is 2. The van der Waals surface area contributed by atoms with Crippen molar-refractivity contribution >= 4 is 23.0 Å². The fourth-order valence-electron chi connectivity index (χ4n) is 3.10. The number of amides is 1. The molecule has 2 aromatic carbocycles. The van der Waals surface area contributed by atoms with Crippen LogP contribution >= 0.6 is 0 Å². The molecule has 1 amide bonds. The van der Waals surface area contributed by atoms with E-state index in [4.69, 9.17) is 4.42 Å². The lowest BCUT2D eigenvalue weighted by molar-refractivity contribution is -0.114. The molecule has 1 aromatic heterocycles. The van der Waals surface area contributed by atoms with Gasteiger partial charge in [0.15, 0.2) is 0 Å². The number of hydrogen-bond donors (Lipinski definition) is 3. The fourth-order valence-corrected chi connectivity index (χ4v) is 3.10. The second-order valence-electron chi connectivity index (χ2n) is 6.70. The molecule has 0 unspecified atom stereocenters. The number of nitrogens with zero attached hydrogens (tertiary/aromatic N) is 2. The van der Waals surface area contributed by atoms with Crippen LogP contribution in [0.15, 0.2) is 53.1 Å². The highest BCUT2D eigenvalue weighted by molar-refractivity contribution is 5.93. The molecule has 138 valence electrons. The molecule has 2 heterocycles. The van der Waals surface area contributed by atoms with E-state index in [-0.39, 0.29) is 5.91 Å². The minimum absolute atomic E-state index is 0.127. The standard InChI is InChI=1S/C20H21N5O2/c1-12(2)25-19-9-8-14(10-17(19)23-24-25)20-22-18(11-27-20)15-6-4-5-7-16(15)21-13(3)26/h4-12,23-24H,1-3H3,(H,21,26). The van der Waals surface area contributed by atoms with Gasteiger partial charge in [0, 0.05) is 24.1 Å². The molecule has 0 bridgehead atoms. The number of oxazole rings is 1. The van der Waals surface area contributed by atoms with Gasteiger partial charge in [0.1, 0.15) is 12.0 Å². The molecular weight excluding hydrogens is 342 g/mol. The minimum atomic E-state index is -0.127. The SMILES string of the molecule is CC(=O)Nc1ccccc1-c1coc(-c2ccc3c(c2)NNN3C(C)C)n1. The van der Waals surface area contributed by atoms with Crippen molar-refractivity contribution in [1.29, 1.82) is 0 Å². The number of hydrogen-bond acceptors (Lipinski definition) is 6. The van der Waals surface area contributed by atoms with Gasteiger partial charge in [0.25, 0.3) is 0 Å². The zero-order valence-corrected chi connectivity index (χ0v) is 15.4. The van der Waals surface area contributed by atoms with Crippen molar-refractivity contribution < 1.29 is 9.21 Å². The van der Waals surface area contributed by atoms with Crippen molar-refractivity contribution in [3.8, 4) is 22.7 Å². The molecule has 0 saturated heterocycles. The maximum atomic E-state index is 11.4. The lowest BCUT2D eigenvalue weighted by Gasteiger charge is -2.21. The Morgan fingerprint density at radius 2 is 2.04 bits per heavy atom. The second kappa shape index (κ2) is 6.77. The zero-order chi connectivity index (χ0) is 19.0. The van der Waals surface area contributed by atoms with Gasteiger partial charge >= 0.3 is 0 Å². The predicted octanol–water partition coefficient (Wildman–Crippen LogP) is 4.03. The first kappa shape index (κ1) is 17.1. The lowest BCUT2D eigenvalue weighted by Crippen LogP contribution is -2.41. The molecule has 7 heteroatoms. The summed E-state index contributed by atoms with van der Waals surface area (Å²) in [4.78, 5) is 16.1. The average molecular weight is 363 g/mol. The van der Waals surface area contributed by atoms with Gasteiger partial charge < -0.3 is 15.2 Å². The summed E-state index contributed by atoms with van der Waals surface area (Å²) in [6.07, 6.45) is 1.61. The van der Waals surface area contributed by atoms with Gasteiger partial charge in [-0.1, -0.05) is 18.2 Å². The van der Waals surface area contributed by atoms with Gasteiger partial charge in [0.05, 0.1) is 17.1 Å². The average Bonchev–Trinajstić information content (AvgIpc) is 3.28. The van der Waals surface area contributed by atoms with E-state index in [1.807, 2.05) is 42.5 Å². The van der Waals surface area contributed by atoms with E-state index in [9.17, 15) is 4.79 Å². The smallest absolute Gasteiger partial charge is 0.226 e. The summed E-state index contributed by atoms with van der Waals surface area (Å²) in [5.41, 5.74) is 11.4. The molecule has 0 fully saturated rings. The van der Waals surface area contributed by atoms with Gasteiger partial charge in [-0.25, -0.2) is 4.98 Å². The first-order valence-electron chi connectivity index (χ1n) is 8.81. The highest BCUT2D eigenvalue weighted by Gasteiger charge is 2.22. The Bertz CT molecular complexity index is 996. The van der Waals surface area contributed by atoms with E-state index in [0.29, 0.717) is 23.3 Å². The number of aromatic nitrogens is 1. The Balaban J connectivity index is 1.66. The van der Waals surface area contributed by atoms with E-state index < -0.39 is 0 Å². The summed E-state index contributed by atoms with van der Waals surface area (Å²) in [5.74, 6) is 0.397. The van der Waals surface area contributed by atoms with Gasteiger partial charge in [0.2, 0.25) is 11.8 Å². The Hall–Kier alpha value is -3.32. The molecule has 4 rings (SSSR count). The molecule has 0 radical (unpaired) electrons. The molecule has 1 aliphatic rings. The van der Waals surface area contributed by atoms with Crippen LogP contribution in [0, 0.1) is 0 Å². The normalized spacial score (nSPS) is 12.8. The highest BCUT2D eigenvalue weighted by atomic mass is 16.3. The molecule has 0 saturated carbocycles. The van der Waals surface area contributed by atoms with Gasteiger partial charge in [-0.15, -0.1) is 5.53 Å². The van der Waals surface area contributed by atoms with Crippen LogP contribution < -0.4 is 21.3 Å². The summed E-state index contributed by atoms with van der Waals surface area (Å²) in [6.45, 7) is 5.71. The van der Waals surface area contributed by atoms with Gasteiger partial charge in [-0.3, -0.25) is 9.80 Å². The molecular formula is C20H21N5O2. The first-order valence-corrected chi connectivity index (χ1v) is 8.81. The summed E-state index contributed by atoms with van der Waals surface area (Å²) in [6, 6.07) is 13.9. The van der Waals surface area contributed by atoms with Crippen LogP contribution in [0.1, 0.15) is 20.8 Å². The van der Waals surface area contributed by atoms with Crippen molar-refractivity contribution in [2.45, 2.75) is 26.8 Å². The maximum absolute atomic E-state index is 11.4. The Morgan fingerprint density at radius 1 is 1.22 bits per heavy atom. The third-order valence-corrected chi connectivity index (χ3v) is 4.35. The number of carbonyl (C=O) groups excluding carboxylic acids is 1. The summed E-state index contributed by atoms with van der Waals surface area (Å²) in [5, 5.41) is 4.89. The van der Waals surface area contributed by atoms with E-state index in [2.05, 4.69) is 40.1 Å². The number of nitrogens with one attached hydrogen (secondary N) is 3. The second-order valence-corrected chi connectivity index (χ2v) is 6.70. The fraction of sp³-hybridized carbons (Fsp3) is 0.200. The molecule has 0 spiro atoms. The molecule has 0 aliphatic carbocycles. The van der Waals surface area contributed by atoms with Crippen LogP contribution in [0.4, 0.5) is 17.1 Å². The summed E-state index contributed by atoms with van der Waals surface area (Å²) >= 11 is 0. The summed E-state index contributed by atoms with van der Waals surface area (Å²) in [7, 11) is 0. The predicted molar refractivity (Wildman–Crippen MR) is 106 cm³/mol. The maximum Gasteiger partial charge on any atom is 0.226 e. The lowest BCUT2D eigenvalue weighted by atomic mass is 10.1. The Labute approximate surface area is 157 Å². The number of carbonyl (C=O) groups is 1. The van der Waals surface area contributed by atoms with Crippen LogP contribution in [-0.4, -0.2) is 16.9 Å². The van der Waals surface area contributed by atoms with Crippen molar-refractivity contribution in [3.05, 3.63) is 48.7 Å². The quantitative estimate of drug-likeness (QED) is 0.649. The number of para-hydroxylation sites is 1. The van der Waals surface area contributed by atoms with Crippen LogP contribution in [0.25, 0.3) is 22.7 Å². The Kier molecular flexibility index (Phi) is 4.29. The number of fused-ring (bicyclic) bond motifs is 1.